The molecule has 0 radical (unpaired) electrons. The Morgan fingerprint density at radius 2 is 1.91 bits per heavy atom. The fourth-order valence-electron chi connectivity index (χ4n) is 4.72. The largest absolute Gasteiger partial charge is 0.360 e. The first-order valence-electron chi connectivity index (χ1n) is 12.1. The maximum absolute atomic E-state index is 13.4. The van der Waals surface area contributed by atoms with Crippen molar-refractivity contribution < 1.29 is 4.79 Å². The summed E-state index contributed by atoms with van der Waals surface area (Å²) < 4.78 is 2.10. The Morgan fingerprint density at radius 1 is 1.12 bits per heavy atom. The van der Waals surface area contributed by atoms with Crippen molar-refractivity contribution in [3.05, 3.63) is 82.9 Å². The van der Waals surface area contributed by atoms with E-state index < -0.39 is 0 Å². The molecule has 1 aliphatic heterocycles. The summed E-state index contributed by atoms with van der Waals surface area (Å²) in [6.45, 7) is 8.94. The van der Waals surface area contributed by atoms with E-state index in [1.807, 2.05) is 36.8 Å². The highest BCUT2D eigenvalue weighted by Crippen LogP contribution is 2.28. The van der Waals surface area contributed by atoms with Gasteiger partial charge in [0.15, 0.2) is 0 Å². The molecule has 1 amide bonds. The van der Waals surface area contributed by atoms with E-state index in [2.05, 4.69) is 64.4 Å². The highest BCUT2D eigenvalue weighted by atomic mass is 16.2. The van der Waals surface area contributed by atoms with Gasteiger partial charge in [-0.3, -0.25) is 4.79 Å². The van der Waals surface area contributed by atoms with Gasteiger partial charge < -0.3 is 14.4 Å². The Kier molecular flexibility index (Phi) is 7.32. The van der Waals surface area contributed by atoms with Gasteiger partial charge in [0.25, 0.3) is 0 Å². The minimum atomic E-state index is 0.166. The van der Waals surface area contributed by atoms with Crippen molar-refractivity contribution in [2.24, 2.45) is 0 Å². The molecule has 1 aromatic heterocycles. The molecule has 176 valence electrons. The number of amides is 1. The van der Waals surface area contributed by atoms with Gasteiger partial charge in [0.05, 0.1) is 36.7 Å². The van der Waals surface area contributed by atoms with E-state index in [0.717, 1.165) is 37.1 Å². The molecule has 0 bridgehead atoms. The van der Waals surface area contributed by atoms with Crippen LogP contribution in [-0.2, 0) is 17.9 Å². The van der Waals surface area contributed by atoms with Gasteiger partial charge in [-0.05, 0) is 55.2 Å². The second-order valence-corrected chi connectivity index (χ2v) is 9.24. The van der Waals surface area contributed by atoms with E-state index in [1.54, 1.807) is 0 Å². The van der Waals surface area contributed by atoms with Crippen LogP contribution < -0.4 is 4.90 Å². The number of unbranched alkanes of at least 4 members (excludes halogenated alkanes) is 1. The molecule has 0 saturated carbocycles. The highest BCUT2D eigenvalue weighted by Gasteiger charge is 2.33. The minimum Gasteiger partial charge on any atom is -0.360 e. The number of anilines is 1. The molecule has 6 heteroatoms. The SMILES string of the molecule is CCCC[C@H]1CN(c2cccc(C)c2C)CC(=O)N1Cc1cncn1Cc1ccc(C#N)cc1. The van der Waals surface area contributed by atoms with Crippen LogP contribution in [0.5, 0.6) is 0 Å². The number of hydrogen-bond donors (Lipinski definition) is 0. The number of hydrogen-bond acceptors (Lipinski definition) is 4. The van der Waals surface area contributed by atoms with Gasteiger partial charge in [-0.25, -0.2) is 4.98 Å². The average Bonchev–Trinajstić information content (AvgIpc) is 3.28. The van der Waals surface area contributed by atoms with Gasteiger partial charge in [-0.15, -0.1) is 0 Å². The van der Waals surface area contributed by atoms with Crippen LogP contribution >= 0.6 is 0 Å². The summed E-state index contributed by atoms with van der Waals surface area (Å²) in [5, 5.41) is 9.04. The van der Waals surface area contributed by atoms with Gasteiger partial charge >= 0.3 is 0 Å². The number of aryl methyl sites for hydroxylation is 1. The van der Waals surface area contributed by atoms with Crippen molar-refractivity contribution in [1.82, 2.24) is 14.5 Å². The fraction of sp³-hybridized carbons (Fsp3) is 0.393. The third kappa shape index (κ3) is 5.14. The Morgan fingerprint density at radius 3 is 2.65 bits per heavy atom. The topological polar surface area (TPSA) is 65.2 Å². The third-order valence-corrected chi connectivity index (χ3v) is 6.89. The van der Waals surface area contributed by atoms with Gasteiger partial charge in [-0.2, -0.15) is 5.26 Å². The lowest BCUT2D eigenvalue weighted by Gasteiger charge is -2.43. The van der Waals surface area contributed by atoms with Crippen molar-refractivity contribution >= 4 is 11.6 Å². The number of imidazole rings is 1. The number of nitriles is 1. The van der Waals surface area contributed by atoms with Crippen LogP contribution in [0.4, 0.5) is 5.69 Å². The molecule has 0 unspecified atom stereocenters. The highest BCUT2D eigenvalue weighted by molar-refractivity contribution is 5.83. The Balaban J connectivity index is 1.53. The first kappa shape index (κ1) is 23.6. The summed E-state index contributed by atoms with van der Waals surface area (Å²) in [4.78, 5) is 22.1. The van der Waals surface area contributed by atoms with Crippen molar-refractivity contribution in [1.29, 1.82) is 5.26 Å². The second kappa shape index (κ2) is 10.6. The summed E-state index contributed by atoms with van der Waals surface area (Å²) in [5.74, 6) is 0.166. The summed E-state index contributed by atoms with van der Waals surface area (Å²) in [6, 6.07) is 16.3. The van der Waals surface area contributed by atoms with Gasteiger partial charge in [0.2, 0.25) is 5.91 Å². The number of carbonyl (C=O) groups excluding carboxylic acids is 1. The standard InChI is InChI=1S/C28H33N5O/c1-4-5-8-25-17-31(27-9-6-7-21(2)22(27)3)19-28(34)33(25)18-26-15-30-20-32(26)16-24-12-10-23(14-29)11-13-24/h6-7,9-13,15,20,25H,4-5,8,16-19H2,1-3H3/t25-/m0/s1. The molecule has 1 saturated heterocycles. The molecule has 1 atom stereocenters. The molecular weight excluding hydrogens is 422 g/mol. The molecule has 0 N–H and O–H groups in total. The summed E-state index contributed by atoms with van der Waals surface area (Å²) >= 11 is 0. The normalized spacial score (nSPS) is 16.1. The van der Waals surface area contributed by atoms with Crippen molar-refractivity contribution in [2.45, 2.75) is 59.2 Å². The monoisotopic (exact) mass is 455 g/mol. The van der Waals surface area contributed by atoms with E-state index in [4.69, 9.17) is 5.26 Å². The van der Waals surface area contributed by atoms with Gasteiger partial charge in [0, 0.05) is 31.0 Å². The lowest BCUT2D eigenvalue weighted by atomic mass is 10.0. The first-order valence-corrected chi connectivity index (χ1v) is 12.1. The summed E-state index contributed by atoms with van der Waals surface area (Å²) in [5.41, 5.74) is 6.45. The Bertz CT molecular complexity index is 1170. The number of rotatable bonds is 8. The van der Waals surface area contributed by atoms with E-state index in [9.17, 15) is 4.79 Å². The van der Waals surface area contributed by atoms with Gasteiger partial charge in [0.1, 0.15) is 0 Å². The maximum Gasteiger partial charge on any atom is 0.242 e. The number of nitrogens with zero attached hydrogens (tertiary/aromatic N) is 5. The van der Waals surface area contributed by atoms with Crippen LogP contribution in [-0.4, -0.2) is 39.5 Å². The van der Waals surface area contributed by atoms with Crippen molar-refractivity contribution in [3.63, 3.8) is 0 Å². The molecule has 2 aromatic carbocycles. The number of carbonyl (C=O) groups is 1. The maximum atomic E-state index is 13.4. The fourth-order valence-corrected chi connectivity index (χ4v) is 4.72. The molecular formula is C28H33N5O. The lowest BCUT2D eigenvalue weighted by Crippen LogP contribution is -2.56. The number of piperazine rings is 1. The second-order valence-electron chi connectivity index (χ2n) is 9.24. The molecule has 6 nitrogen and oxygen atoms in total. The molecule has 1 aliphatic rings. The van der Waals surface area contributed by atoms with E-state index in [1.165, 1.54) is 16.8 Å². The summed E-state index contributed by atoms with van der Waals surface area (Å²) in [7, 11) is 0. The van der Waals surface area contributed by atoms with Gasteiger partial charge in [-0.1, -0.05) is 44.0 Å². The number of benzene rings is 2. The molecule has 2 heterocycles. The Labute approximate surface area is 202 Å². The van der Waals surface area contributed by atoms with Crippen LogP contribution in [0.25, 0.3) is 0 Å². The third-order valence-electron chi connectivity index (χ3n) is 6.89. The molecule has 4 rings (SSSR count). The number of aromatic nitrogens is 2. The van der Waals surface area contributed by atoms with E-state index in [0.29, 0.717) is 25.2 Å². The van der Waals surface area contributed by atoms with Crippen LogP contribution in [0.15, 0.2) is 55.0 Å². The zero-order valence-electron chi connectivity index (χ0n) is 20.4. The predicted molar refractivity (Wildman–Crippen MR) is 134 cm³/mol. The Hall–Kier alpha value is -3.59. The zero-order chi connectivity index (χ0) is 24.1. The van der Waals surface area contributed by atoms with E-state index in [-0.39, 0.29) is 11.9 Å². The smallest absolute Gasteiger partial charge is 0.242 e. The zero-order valence-corrected chi connectivity index (χ0v) is 20.4. The molecule has 0 spiro atoms. The van der Waals surface area contributed by atoms with Crippen LogP contribution in [0.3, 0.4) is 0 Å². The predicted octanol–water partition coefficient (Wildman–Crippen LogP) is 4.83. The first-order chi connectivity index (χ1) is 16.5. The molecule has 34 heavy (non-hydrogen) atoms. The quantitative estimate of drug-likeness (QED) is 0.488. The summed E-state index contributed by atoms with van der Waals surface area (Å²) in [6.07, 6.45) is 6.89. The molecule has 1 fully saturated rings. The van der Waals surface area contributed by atoms with Crippen LogP contribution in [0, 0.1) is 25.2 Å². The van der Waals surface area contributed by atoms with Crippen LogP contribution in [0.1, 0.15) is 54.1 Å². The lowest BCUT2D eigenvalue weighted by molar-refractivity contribution is -0.134. The van der Waals surface area contributed by atoms with Crippen molar-refractivity contribution in [3.8, 4) is 6.07 Å². The average molecular weight is 456 g/mol. The minimum absolute atomic E-state index is 0.166. The molecule has 3 aromatic rings. The molecule has 0 aliphatic carbocycles. The van der Waals surface area contributed by atoms with Crippen LogP contribution in [0.2, 0.25) is 0 Å². The van der Waals surface area contributed by atoms with Crippen molar-refractivity contribution in [2.75, 3.05) is 18.0 Å². The van der Waals surface area contributed by atoms with E-state index >= 15 is 0 Å².